The summed E-state index contributed by atoms with van der Waals surface area (Å²) in [6.07, 6.45) is 2.15. The maximum atomic E-state index is 12.6. The second-order valence-electron chi connectivity index (χ2n) is 4.89. The van der Waals surface area contributed by atoms with Gasteiger partial charge in [-0.3, -0.25) is 0 Å². The molecule has 0 aromatic heterocycles. The Balaban J connectivity index is 2.40. The molecule has 0 unspecified atom stereocenters. The third kappa shape index (κ3) is 3.56. The quantitative estimate of drug-likeness (QED) is 0.830. The Labute approximate surface area is 125 Å². The van der Waals surface area contributed by atoms with E-state index in [9.17, 15) is 8.42 Å². The van der Waals surface area contributed by atoms with Gasteiger partial charge in [-0.15, -0.1) is 0 Å². The third-order valence-electron chi connectivity index (χ3n) is 3.35. The number of hydrogen-bond donors (Lipinski definition) is 1. The van der Waals surface area contributed by atoms with Gasteiger partial charge in [-0.2, -0.15) is 4.31 Å². The van der Waals surface area contributed by atoms with Gasteiger partial charge in [-0.05, 0) is 31.0 Å². The highest BCUT2D eigenvalue weighted by Gasteiger charge is 2.36. The number of sulfonamides is 1. The molecule has 1 aliphatic carbocycles. The first-order chi connectivity index (χ1) is 10.0. The predicted octanol–water partition coefficient (Wildman–Crippen LogP) is 1.21. The second kappa shape index (κ2) is 6.48. The molecule has 21 heavy (non-hydrogen) atoms. The lowest BCUT2D eigenvalue weighted by Gasteiger charge is -2.18. The Hall–Kier alpha value is -1.55. The number of methoxy groups -OCH3 is 1. The fourth-order valence-corrected chi connectivity index (χ4v) is 3.56. The number of hydrogen-bond acceptors (Lipinski definition) is 4. The molecule has 114 valence electrons. The van der Waals surface area contributed by atoms with Gasteiger partial charge in [0.2, 0.25) is 10.0 Å². The summed E-state index contributed by atoms with van der Waals surface area (Å²) < 4.78 is 31.8. The lowest BCUT2D eigenvalue weighted by molar-refractivity contribution is 0.305. The molecule has 0 saturated heterocycles. The van der Waals surface area contributed by atoms with E-state index >= 15 is 0 Å². The smallest absolute Gasteiger partial charge is 0.246 e. The van der Waals surface area contributed by atoms with Crippen molar-refractivity contribution >= 4 is 10.0 Å². The topological polar surface area (TPSA) is 66.8 Å². The van der Waals surface area contributed by atoms with Gasteiger partial charge >= 0.3 is 0 Å². The zero-order valence-electron chi connectivity index (χ0n) is 12.2. The molecule has 0 spiro atoms. The fourth-order valence-electron chi connectivity index (χ4n) is 1.97. The number of benzene rings is 1. The molecule has 1 aliphatic rings. The first-order valence-corrected chi connectivity index (χ1v) is 8.20. The van der Waals surface area contributed by atoms with Gasteiger partial charge in [-0.1, -0.05) is 11.8 Å². The molecule has 0 atom stereocenters. The Kier molecular flexibility index (Phi) is 4.88. The van der Waals surface area contributed by atoms with E-state index in [2.05, 4.69) is 11.8 Å². The van der Waals surface area contributed by atoms with Crippen LogP contribution in [-0.2, 0) is 10.0 Å². The Bertz CT molecular complexity index is 669. The minimum absolute atomic E-state index is 0.0152. The maximum Gasteiger partial charge on any atom is 0.246 e. The Morgan fingerprint density at radius 2 is 2.14 bits per heavy atom. The molecule has 2 rings (SSSR count). The SMILES string of the molecule is COc1ccc(C#CCCO)cc1S(=O)(=O)N(C)C1CC1. The third-order valence-corrected chi connectivity index (χ3v) is 5.28. The summed E-state index contributed by atoms with van der Waals surface area (Å²) in [5.41, 5.74) is 0.590. The molecule has 1 fully saturated rings. The molecule has 1 aromatic rings. The van der Waals surface area contributed by atoms with Crippen LogP contribution in [0, 0.1) is 11.8 Å². The van der Waals surface area contributed by atoms with Crippen molar-refractivity contribution in [2.24, 2.45) is 0 Å². The minimum atomic E-state index is -3.58. The summed E-state index contributed by atoms with van der Waals surface area (Å²) >= 11 is 0. The monoisotopic (exact) mass is 309 g/mol. The number of aliphatic hydroxyl groups excluding tert-OH is 1. The first-order valence-electron chi connectivity index (χ1n) is 6.76. The van der Waals surface area contributed by atoms with Crippen LogP contribution in [0.3, 0.4) is 0 Å². The van der Waals surface area contributed by atoms with Crippen molar-refractivity contribution in [3.8, 4) is 17.6 Å². The minimum Gasteiger partial charge on any atom is -0.495 e. The second-order valence-corrected chi connectivity index (χ2v) is 6.86. The molecule has 0 heterocycles. The normalized spacial score (nSPS) is 14.7. The lowest BCUT2D eigenvalue weighted by atomic mass is 10.2. The van der Waals surface area contributed by atoms with Gasteiger partial charge in [-0.25, -0.2) is 8.42 Å². The number of ether oxygens (including phenoxy) is 1. The largest absolute Gasteiger partial charge is 0.495 e. The van der Waals surface area contributed by atoms with Gasteiger partial charge in [0, 0.05) is 25.1 Å². The summed E-state index contributed by atoms with van der Waals surface area (Å²) in [6.45, 7) is -0.0152. The Morgan fingerprint density at radius 1 is 1.43 bits per heavy atom. The lowest BCUT2D eigenvalue weighted by Crippen LogP contribution is -2.29. The molecule has 1 saturated carbocycles. The van der Waals surface area contributed by atoms with Gasteiger partial charge in [0.15, 0.2) is 0 Å². The molecule has 6 heteroatoms. The van der Waals surface area contributed by atoms with Crippen LogP contribution < -0.4 is 4.74 Å². The number of nitrogens with zero attached hydrogens (tertiary/aromatic N) is 1. The standard InChI is InChI=1S/C15H19NO4S/c1-16(13-7-8-13)21(18,19)15-11-12(5-3-4-10-17)6-9-14(15)20-2/h6,9,11,13,17H,4,7-8,10H2,1-2H3. The van der Waals surface area contributed by atoms with Crippen molar-refractivity contribution in [3.63, 3.8) is 0 Å². The molecular formula is C15H19NO4S. The summed E-state index contributed by atoms with van der Waals surface area (Å²) in [5.74, 6) is 5.94. The summed E-state index contributed by atoms with van der Waals surface area (Å²) in [6, 6.07) is 4.93. The van der Waals surface area contributed by atoms with E-state index in [1.165, 1.54) is 17.5 Å². The number of rotatable bonds is 5. The zero-order chi connectivity index (χ0) is 15.5. The van der Waals surface area contributed by atoms with Crippen LogP contribution in [0.4, 0.5) is 0 Å². The van der Waals surface area contributed by atoms with E-state index in [1.54, 1.807) is 19.2 Å². The highest BCUT2D eigenvalue weighted by molar-refractivity contribution is 7.89. The van der Waals surface area contributed by atoms with E-state index in [0.717, 1.165) is 12.8 Å². The van der Waals surface area contributed by atoms with Crippen LogP contribution in [0.15, 0.2) is 23.1 Å². The van der Waals surface area contributed by atoms with Gasteiger partial charge in [0.25, 0.3) is 0 Å². The molecule has 0 aliphatic heterocycles. The highest BCUT2D eigenvalue weighted by atomic mass is 32.2. The van der Waals surface area contributed by atoms with Crippen LogP contribution >= 0.6 is 0 Å². The summed E-state index contributed by atoms with van der Waals surface area (Å²) in [4.78, 5) is 0.134. The van der Waals surface area contributed by atoms with Crippen LogP contribution in [0.1, 0.15) is 24.8 Å². The van der Waals surface area contributed by atoms with Crippen LogP contribution in [0.25, 0.3) is 0 Å². The van der Waals surface area contributed by atoms with Gasteiger partial charge in [0.05, 0.1) is 13.7 Å². The average molecular weight is 309 g/mol. The molecule has 0 radical (unpaired) electrons. The summed E-state index contributed by atoms with van der Waals surface area (Å²) in [7, 11) is -0.540. The van der Waals surface area contributed by atoms with E-state index < -0.39 is 10.0 Å². The van der Waals surface area contributed by atoms with E-state index in [4.69, 9.17) is 9.84 Å². The maximum absolute atomic E-state index is 12.6. The van der Waals surface area contributed by atoms with Crippen LogP contribution in [0.5, 0.6) is 5.75 Å². The molecular weight excluding hydrogens is 290 g/mol. The number of aliphatic hydroxyl groups is 1. The fraction of sp³-hybridized carbons (Fsp3) is 0.467. The molecule has 5 nitrogen and oxygen atoms in total. The molecule has 0 bridgehead atoms. The predicted molar refractivity (Wildman–Crippen MR) is 79.5 cm³/mol. The summed E-state index contributed by atoms with van der Waals surface area (Å²) in [5, 5.41) is 8.73. The average Bonchev–Trinajstić information content (AvgIpc) is 3.31. The van der Waals surface area contributed by atoms with Crippen molar-refractivity contribution in [1.82, 2.24) is 4.31 Å². The van der Waals surface area contributed by atoms with E-state index in [-0.39, 0.29) is 17.5 Å². The van der Waals surface area contributed by atoms with Crippen molar-refractivity contribution in [2.45, 2.75) is 30.2 Å². The first kappa shape index (κ1) is 15.8. The van der Waals surface area contributed by atoms with E-state index in [1.807, 2.05) is 0 Å². The van der Waals surface area contributed by atoms with Crippen molar-refractivity contribution < 1.29 is 18.3 Å². The molecule has 1 N–H and O–H groups in total. The molecule has 1 aromatic carbocycles. The Morgan fingerprint density at radius 3 is 2.71 bits per heavy atom. The highest BCUT2D eigenvalue weighted by Crippen LogP contribution is 2.34. The van der Waals surface area contributed by atoms with Crippen molar-refractivity contribution in [1.29, 1.82) is 0 Å². The van der Waals surface area contributed by atoms with E-state index in [0.29, 0.717) is 17.7 Å². The van der Waals surface area contributed by atoms with Gasteiger partial charge in [0.1, 0.15) is 10.6 Å². The van der Waals surface area contributed by atoms with Crippen molar-refractivity contribution in [2.75, 3.05) is 20.8 Å². The zero-order valence-corrected chi connectivity index (χ0v) is 13.0. The van der Waals surface area contributed by atoms with Crippen molar-refractivity contribution in [3.05, 3.63) is 23.8 Å². The van der Waals surface area contributed by atoms with Crippen LogP contribution in [0.2, 0.25) is 0 Å². The van der Waals surface area contributed by atoms with Gasteiger partial charge < -0.3 is 9.84 Å². The van der Waals surface area contributed by atoms with Crippen LogP contribution in [-0.4, -0.2) is 44.6 Å². The molecule has 0 amide bonds.